The molecule has 9 heteroatoms. The van der Waals surface area contributed by atoms with E-state index in [9.17, 15) is 13.6 Å². The Hall–Kier alpha value is -2.94. The van der Waals surface area contributed by atoms with Crippen molar-refractivity contribution in [2.75, 3.05) is 18.2 Å². The number of carbonyl (C=O) groups excluding carboxylic acids is 1. The van der Waals surface area contributed by atoms with E-state index in [4.69, 9.17) is 4.74 Å². The second-order valence-corrected chi connectivity index (χ2v) is 6.17. The summed E-state index contributed by atoms with van der Waals surface area (Å²) in [5.41, 5.74) is 0.884. The SMILES string of the molecule is COc1ccc(-c2nnc(SCC(=O)Nc3cc(F)cc(F)c3)[nH]2)cc1. The summed E-state index contributed by atoms with van der Waals surface area (Å²) in [5.74, 6) is -0.631. The molecule has 2 aromatic carbocycles. The minimum atomic E-state index is -0.757. The number of methoxy groups -OCH3 is 1. The van der Waals surface area contributed by atoms with Crippen molar-refractivity contribution in [3.05, 3.63) is 54.1 Å². The van der Waals surface area contributed by atoms with Gasteiger partial charge < -0.3 is 15.0 Å². The summed E-state index contributed by atoms with van der Waals surface area (Å²) in [5, 5.41) is 10.9. The number of nitrogens with zero attached hydrogens (tertiary/aromatic N) is 2. The molecule has 3 rings (SSSR count). The predicted molar refractivity (Wildman–Crippen MR) is 94.1 cm³/mol. The Bertz CT molecular complexity index is 895. The van der Waals surface area contributed by atoms with Crippen molar-refractivity contribution in [3.8, 4) is 17.1 Å². The first-order chi connectivity index (χ1) is 12.5. The van der Waals surface area contributed by atoms with Gasteiger partial charge in [-0.05, 0) is 36.4 Å². The fraction of sp³-hybridized carbons (Fsp3) is 0.118. The third-order valence-electron chi connectivity index (χ3n) is 3.32. The summed E-state index contributed by atoms with van der Waals surface area (Å²) in [7, 11) is 1.58. The lowest BCUT2D eigenvalue weighted by Gasteiger charge is -2.04. The maximum absolute atomic E-state index is 13.1. The lowest BCUT2D eigenvalue weighted by molar-refractivity contribution is -0.113. The minimum Gasteiger partial charge on any atom is -0.497 e. The van der Waals surface area contributed by atoms with Gasteiger partial charge in [0.25, 0.3) is 0 Å². The minimum absolute atomic E-state index is 0.00930. The van der Waals surface area contributed by atoms with Crippen molar-refractivity contribution in [1.29, 1.82) is 0 Å². The number of halogens is 2. The van der Waals surface area contributed by atoms with Crippen LogP contribution >= 0.6 is 11.8 Å². The maximum atomic E-state index is 13.1. The van der Waals surface area contributed by atoms with Crippen LogP contribution in [0.25, 0.3) is 11.4 Å². The normalized spacial score (nSPS) is 10.6. The molecule has 3 aromatic rings. The molecule has 0 aliphatic rings. The highest BCUT2D eigenvalue weighted by molar-refractivity contribution is 7.99. The third-order valence-corrected chi connectivity index (χ3v) is 4.18. The zero-order valence-electron chi connectivity index (χ0n) is 13.6. The Labute approximate surface area is 152 Å². The molecule has 1 amide bonds. The first-order valence-corrected chi connectivity index (χ1v) is 8.48. The molecule has 26 heavy (non-hydrogen) atoms. The van der Waals surface area contributed by atoms with E-state index >= 15 is 0 Å². The highest BCUT2D eigenvalue weighted by Gasteiger charge is 2.10. The van der Waals surface area contributed by atoms with E-state index in [0.717, 1.165) is 41.3 Å². The molecular formula is C17H14F2N4O2S. The van der Waals surface area contributed by atoms with Gasteiger partial charge in [-0.3, -0.25) is 4.79 Å². The lowest BCUT2D eigenvalue weighted by atomic mass is 10.2. The number of ether oxygens (including phenoxy) is 1. The van der Waals surface area contributed by atoms with E-state index in [0.29, 0.717) is 11.0 Å². The summed E-state index contributed by atoms with van der Waals surface area (Å²) < 4.78 is 31.3. The van der Waals surface area contributed by atoms with Crippen LogP contribution in [0.4, 0.5) is 14.5 Å². The number of aromatic amines is 1. The van der Waals surface area contributed by atoms with Gasteiger partial charge in [-0.1, -0.05) is 11.8 Å². The van der Waals surface area contributed by atoms with Gasteiger partial charge in [0.1, 0.15) is 17.4 Å². The van der Waals surface area contributed by atoms with Crippen LogP contribution in [0, 0.1) is 11.6 Å². The Kier molecular flexibility index (Phi) is 5.47. The monoisotopic (exact) mass is 376 g/mol. The van der Waals surface area contributed by atoms with Gasteiger partial charge in [0.15, 0.2) is 11.0 Å². The largest absolute Gasteiger partial charge is 0.497 e. The van der Waals surface area contributed by atoms with Crippen molar-refractivity contribution in [2.24, 2.45) is 0 Å². The summed E-state index contributed by atoms with van der Waals surface area (Å²) in [6.07, 6.45) is 0. The Balaban J connectivity index is 1.57. The number of thioether (sulfide) groups is 1. The first-order valence-electron chi connectivity index (χ1n) is 7.49. The average molecular weight is 376 g/mol. The Morgan fingerprint density at radius 2 is 1.85 bits per heavy atom. The van der Waals surface area contributed by atoms with Gasteiger partial charge in [0, 0.05) is 17.3 Å². The molecule has 0 saturated carbocycles. The predicted octanol–water partition coefficient (Wildman–Crippen LogP) is 3.49. The van der Waals surface area contributed by atoms with Gasteiger partial charge in [0.2, 0.25) is 5.91 Å². The molecule has 134 valence electrons. The van der Waals surface area contributed by atoms with E-state index < -0.39 is 17.5 Å². The summed E-state index contributed by atoms with van der Waals surface area (Å²) >= 11 is 1.13. The topological polar surface area (TPSA) is 79.9 Å². The van der Waals surface area contributed by atoms with Crippen LogP contribution in [0.3, 0.4) is 0 Å². The van der Waals surface area contributed by atoms with Crippen LogP contribution in [0.1, 0.15) is 0 Å². The van der Waals surface area contributed by atoms with Crippen molar-refractivity contribution < 1.29 is 18.3 Å². The van der Waals surface area contributed by atoms with Gasteiger partial charge in [-0.2, -0.15) is 0 Å². The Morgan fingerprint density at radius 1 is 1.15 bits per heavy atom. The maximum Gasteiger partial charge on any atom is 0.234 e. The number of hydrogen-bond donors (Lipinski definition) is 2. The number of rotatable bonds is 6. The second kappa shape index (κ2) is 7.96. The van der Waals surface area contributed by atoms with Crippen molar-refractivity contribution in [3.63, 3.8) is 0 Å². The zero-order valence-corrected chi connectivity index (χ0v) is 14.4. The number of anilines is 1. The summed E-state index contributed by atoms with van der Waals surface area (Å²) in [4.78, 5) is 14.9. The smallest absolute Gasteiger partial charge is 0.234 e. The molecule has 0 aliphatic carbocycles. The molecule has 6 nitrogen and oxygen atoms in total. The Morgan fingerprint density at radius 3 is 2.50 bits per heavy atom. The van der Waals surface area contributed by atoms with E-state index in [1.165, 1.54) is 0 Å². The molecule has 0 fully saturated rings. The molecule has 0 aliphatic heterocycles. The van der Waals surface area contributed by atoms with Crippen LogP contribution in [-0.2, 0) is 4.79 Å². The van der Waals surface area contributed by atoms with Crippen molar-refractivity contribution >= 4 is 23.4 Å². The molecular weight excluding hydrogens is 362 g/mol. The van der Waals surface area contributed by atoms with Gasteiger partial charge in [-0.15, -0.1) is 10.2 Å². The molecule has 0 bridgehead atoms. The molecule has 0 radical (unpaired) electrons. The third kappa shape index (κ3) is 4.57. The van der Waals surface area contributed by atoms with Crippen LogP contribution in [-0.4, -0.2) is 34.0 Å². The van der Waals surface area contributed by atoms with Crippen LogP contribution < -0.4 is 10.1 Å². The van der Waals surface area contributed by atoms with Crippen LogP contribution in [0.5, 0.6) is 5.75 Å². The number of benzene rings is 2. The molecule has 0 unspecified atom stereocenters. The van der Waals surface area contributed by atoms with Crippen LogP contribution in [0.2, 0.25) is 0 Å². The number of H-pyrrole nitrogens is 1. The van der Waals surface area contributed by atoms with Gasteiger partial charge >= 0.3 is 0 Å². The highest BCUT2D eigenvalue weighted by Crippen LogP contribution is 2.22. The second-order valence-electron chi connectivity index (χ2n) is 5.20. The highest BCUT2D eigenvalue weighted by atomic mass is 32.2. The molecule has 1 aromatic heterocycles. The fourth-order valence-electron chi connectivity index (χ4n) is 2.15. The average Bonchev–Trinajstić information content (AvgIpc) is 3.08. The molecule has 0 saturated heterocycles. The quantitative estimate of drug-likeness (QED) is 0.644. The fourth-order valence-corrected chi connectivity index (χ4v) is 2.75. The molecule has 1 heterocycles. The number of hydrogen-bond acceptors (Lipinski definition) is 5. The number of nitrogens with one attached hydrogen (secondary N) is 2. The van der Waals surface area contributed by atoms with E-state index in [-0.39, 0.29) is 11.4 Å². The number of aromatic nitrogens is 3. The van der Waals surface area contributed by atoms with Crippen LogP contribution in [0.15, 0.2) is 47.6 Å². The lowest BCUT2D eigenvalue weighted by Crippen LogP contribution is -2.14. The summed E-state index contributed by atoms with van der Waals surface area (Å²) in [6, 6.07) is 10.1. The molecule has 0 spiro atoms. The van der Waals surface area contributed by atoms with E-state index in [1.807, 2.05) is 12.1 Å². The summed E-state index contributed by atoms with van der Waals surface area (Å²) in [6.45, 7) is 0. The standard InChI is InChI=1S/C17H14F2N4O2S/c1-25-14-4-2-10(3-5-14)16-21-17(23-22-16)26-9-15(24)20-13-7-11(18)6-12(19)8-13/h2-8H,9H2,1H3,(H,20,24)(H,21,22,23). The van der Waals surface area contributed by atoms with Crippen molar-refractivity contribution in [2.45, 2.75) is 5.16 Å². The van der Waals surface area contributed by atoms with Gasteiger partial charge in [-0.25, -0.2) is 8.78 Å². The van der Waals surface area contributed by atoms with Gasteiger partial charge in [0.05, 0.1) is 12.9 Å². The first kappa shape index (κ1) is 17.9. The zero-order chi connectivity index (χ0) is 18.5. The molecule has 2 N–H and O–H groups in total. The number of carbonyl (C=O) groups is 1. The van der Waals surface area contributed by atoms with E-state index in [1.54, 1.807) is 19.2 Å². The van der Waals surface area contributed by atoms with E-state index in [2.05, 4.69) is 20.5 Å². The molecule has 0 atom stereocenters. The van der Waals surface area contributed by atoms with Crippen molar-refractivity contribution in [1.82, 2.24) is 15.2 Å². The number of amides is 1.